The number of benzene rings is 1. The summed E-state index contributed by atoms with van der Waals surface area (Å²) in [4.78, 5) is 0. The number of nitrogens with two attached hydrogens (primary N) is 1. The third-order valence-corrected chi connectivity index (χ3v) is 3.59. The second kappa shape index (κ2) is 5.37. The molecule has 3 nitrogen and oxygen atoms in total. The van der Waals surface area contributed by atoms with Gasteiger partial charge < -0.3 is 11.1 Å². The van der Waals surface area contributed by atoms with E-state index in [1.165, 1.54) is 5.56 Å². The van der Waals surface area contributed by atoms with Crippen molar-refractivity contribution >= 4 is 17.4 Å². The Hall–Kier alpha value is -1.00. The van der Waals surface area contributed by atoms with Crippen LogP contribution in [0.3, 0.4) is 0 Å². The highest BCUT2D eigenvalue weighted by molar-refractivity contribution is 7.64. The highest BCUT2D eigenvalue weighted by Crippen LogP contribution is 2.29. The Balaban J connectivity index is 2.26. The van der Waals surface area contributed by atoms with Gasteiger partial charge in [0, 0.05) is 15.5 Å². The lowest BCUT2D eigenvalue weighted by atomic mass is 9.87. The van der Waals surface area contributed by atoms with Gasteiger partial charge in [-0.2, -0.15) is 0 Å². The highest BCUT2D eigenvalue weighted by Gasteiger charge is 2.20. The third-order valence-electron chi connectivity index (χ3n) is 3.16. The van der Waals surface area contributed by atoms with E-state index in [-0.39, 0.29) is 0 Å². The second-order valence-electron chi connectivity index (χ2n) is 4.24. The summed E-state index contributed by atoms with van der Waals surface area (Å²) in [5.74, 6) is 1.11. The van der Waals surface area contributed by atoms with Gasteiger partial charge in [0.05, 0.1) is 0 Å². The maximum absolute atomic E-state index is 10.7. The molecule has 1 aliphatic rings. The Morgan fingerprint density at radius 2 is 2.12 bits per heavy atom. The van der Waals surface area contributed by atoms with E-state index in [2.05, 4.69) is 11.4 Å². The quantitative estimate of drug-likeness (QED) is 0.621. The van der Waals surface area contributed by atoms with Crippen LogP contribution in [-0.4, -0.2) is 13.1 Å². The molecule has 1 fully saturated rings. The standard InChI is InChI=1S/C12H17N2OS/c13-11-1-2-12(10(7-11)8-16-15)9-3-5-14-6-4-9/h1-2,7,9,14H,3-6,8,13H2/q+1. The molecule has 0 aromatic heterocycles. The van der Waals surface area contributed by atoms with Crippen molar-refractivity contribution in [3.05, 3.63) is 29.3 Å². The Morgan fingerprint density at radius 1 is 1.38 bits per heavy atom. The fourth-order valence-corrected chi connectivity index (χ4v) is 2.72. The molecule has 1 saturated heterocycles. The summed E-state index contributed by atoms with van der Waals surface area (Å²) < 4.78 is 10.7. The van der Waals surface area contributed by atoms with Crippen LogP contribution in [0.2, 0.25) is 0 Å². The van der Waals surface area contributed by atoms with Crippen LogP contribution >= 0.6 is 0 Å². The molecule has 0 saturated carbocycles. The smallest absolute Gasteiger partial charge is 0.399 e. The van der Waals surface area contributed by atoms with Crippen molar-refractivity contribution in [2.24, 2.45) is 0 Å². The van der Waals surface area contributed by atoms with Crippen molar-refractivity contribution < 1.29 is 4.21 Å². The predicted octanol–water partition coefficient (Wildman–Crippen LogP) is 1.66. The van der Waals surface area contributed by atoms with E-state index < -0.39 is 0 Å². The molecule has 4 heteroatoms. The van der Waals surface area contributed by atoms with Crippen LogP contribution in [0.5, 0.6) is 0 Å². The average molecular weight is 237 g/mol. The molecule has 3 N–H and O–H groups in total. The number of nitrogen functional groups attached to an aromatic ring is 1. The van der Waals surface area contributed by atoms with Gasteiger partial charge in [-0.15, -0.1) is 0 Å². The third kappa shape index (κ3) is 2.57. The summed E-state index contributed by atoms with van der Waals surface area (Å²) in [6.45, 7) is 2.14. The fraction of sp³-hybridized carbons (Fsp3) is 0.500. The summed E-state index contributed by atoms with van der Waals surface area (Å²) in [5, 5.41) is 3.36. The first-order chi connectivity index (χ1) is 7.81. The van der Waals surface area contributed by atoms with Crippen LogP contribution in [0.1, 0.15) is 29.9 Å². The number of piperidine rings is 1. The van der Waals surface area contributed by atoms with E-state index >= 15 is 0 Å². The second-order valence-corrected chi connectivity index (χ2v) is 4.77. The van der Waals surface area contributed by atoms with Crippen molar-refractivity contribution in [3.8, 4) is 0 Å². The van der Waals surface area contributed by atoms with Gasteiger partial charge in [0.2, 0.25) is 0 Å². The Morgan fingerprint density at radius 3 is 2.81 bits per heavy atom. The van der Waals surface area contributed by atoms with E-state index in [9.17, 15) is 4.21 Å². The number of anilines is 1. The van der Waals surface area contributed by atoms with Crippen LogP contribution in [-0.2, 0) is 21.6 Å². The summed E-state index contributed by atoms with van der Waals surface area (Å²) >= 11 is 0.620. The van der Waals surface area contributed by atoms with Gasteiger partial charge >= 0.3 is 11.7 Å². The Labute approximate surface area is 99.9 Å². The molecule has 0 radical (unpaired) electrons. The lowest BCUT2D eigenvalue weighted by molar-refractivity contribution is 0.459. The van der Waals surface area contributed by atoms with E-state index in [1.54, 1.807) is 0 Å². The van der Waals surface area contributed by atoms with E-state index in [0.29, 0.717) is 23.3 Å². The van der Waals surface area contributed by atoms with E-state index in [4.69, 9.17) is 5.73 Å². The van der Waals surface area contributed by atoms with Crippen molar-refractivity contribution in [3.63, 3.8) is 0 Å². The molecular weight excluding hydrogens is 220 g/mol. The molecule has 0 spiro atoms. The van der Waals surface area contributed by atoms with Crippen LogP contribution in [0.4, 0.5) is 5.69 Å². The first kappa shape index (κ1) is 11.5. The summed E-state index contributed by atoms with van der Waals surface area (Å²) in [7, 11) is 0. The molecule has 0 amide bonds. The molecule has 1 heterocycles. The number of rotatable bonds is 3. The van der Waals surface area contributed by atoms with Gasteiger partial charge in [0.25, 0.3) is 5.75 Å². The lowest BCUT2D eigenvalue weighted by Gasteiger charge is -2.24. The van der Waals surface area contributed by atoms with Crippen molar-refractivity contribution in [2.45, 2.75) is 24.5 Å². The maximum Gasteiger partial charge on any atom is 0.463 e. The molecule has 2 rings (SSSR count). The molecule has 0 bridgehead atoms. The monoisotopic (exact) mass is 237 g/mol. The number of nitrogens with one attached hydrogen (secondary N) is 1. The average Bonchev–Trinajstić information content (AvgIpc) is 2.31. The van der Waals surface area contributed by atoms with E-state index in [0.717, 1.165) is 37.2 Å². The topological polar surface area (TPSA) is 55.1 Å². The van der Waals surface area contributed by atoms with Gasteiger partial charge in [-0.1, -0.05) is 6.07 Å². The lowest BCUT2D eigenvalue weighted by Crippen LogP contribution is -2.27. The van der Waals surface area contributed by atoms with Crippen LogP contribution in [0.25, 0.3) is 0 Å². The minimum atomic E-state index is 0.518. The molecule has 1 aromatic carbocycles. The molecule has 0 atom stereocenters. The Bertz CT molecular complexity index is 375. The van der Waals surface area contributed by atoms with Gasteiger partial charge in [-0.3, -0.25) is 0 Å². The molecule has 0 unspecified atom stereocenters. The van der Waals surface area contributed by atoms with Crippen molar-refractivity contribution in [1.29, 1.82) is 0 Å². The van der Waals surface area contributed by atoms with Crippen molar-refractivity contribution in [2.75, 3.05) is 18.8 Å². The maximum atomic E-state index is 10.7. The van der Waals surface area contributed by atoms with Gasteiger partial charge in [-0.25, -0.2) is 0 Å². The summed E-state index contributed by atoms with van der Waals surface area (Å²) in [6.07, 6.45) is 2.31. The van der Waals surface area contributed by atoms with E-state index in [1.807, 2.05) is 12.1 Å². The zero-order chi connectivity index (χ0) is 11.4. The minimum absolute atomic E-state index is 0.518. The van der Waals surface area contributed by atoms with Crippen molar-refractivity contribution in [1.82, 2.24) is 5.32 Å². The fourth-order valence-electron chi connectivity index (χ4n) is 2.35. The molecule has 0 aliphatic carbocycles. The van der Waals surface area contributed by atoms with Crippen LogP contribution < -0.4 is 11.1 Å². The Kier molecular flexibility index (Phi) is 3.85. The summed E-state index contributed by atoms with van der Waals surface area (Å²) in [5.41, 5.74) is 8.95. The van der Waals surface area contributed by atoms with Gasteiger partial charge in [-0.05, 0) is 49.5 Å². The molecular formula is C12H17N2OS+. The molecule has 1 aromatic rings. The highest BCUT2D eigenvalue weighted by atomic mass is 32.1. The largest absolute Gasteiger partial charge is 0.463 e. The SMILES string of the molecule is Nc1ccc(C2CCNCC2)c(C[S+]=O)c1. The molecule has 16 heavy (non-hydrogen) atoms. The minimum Gasteiger partial charge on any atom is -0.399 e. The first-order valence-electron chi connectivity index (χ1n) is 5.65. The van der Waals surface area contributed by atoms with Gasteiger partial charge in [0.1, 0.15) is 0 Å². The van der Waals surface area contributed by atoms with Gasteiger partial charge in [0.15, 0.2) is 0 Å². The molecule has 1 aliphatic heterocycles. The van der Waals surface area contributed by atoms with Crippen LogP contribution in [0.15, 0.2) is 18.2 Å². The number of hydrogen-bond donors (Lipinski definition) is 2. The predicted molar refractivity (Wildman–Crippen MR) is 67.5 cm³/mol. The zero-order valence-electron chi connectivity index (χ0n) is 9.24. The normalized spacial score (nSPS) is 17.2. The zero-order valence-corrected chi connectivity index (χ0v) is 10.1. The summed E-state index contributed by atoms with van der Waals surface area (Å²) in [6, 6.07) is 5.98. The number of hydrogen-bond acceptors (Lipinski definition) is 3. The van der Waals surface area contributed by atoms with Crippen LogP contribution in [0, 0.1) is 0 Å². The first-order valence-corrected chi connectivity index (χ1v) is 6.56. The molecule has 86 valence electrons.